The lowest BCUT2D eigenvalue weighted by Crippen LogP contribution is -2.29. The summed E-state index contributed by atoms with van der Waals surface area (Å²) in [5, 5.41) is 14.2. The van der Waals surface area contributed by atoms with Crippen LogP contribution in [0.5, 0.6) is 0 Å². The third-order valence-electron chi connectivity index (χ3n) is 4.38. The van der Waals surface area contributed by atoms with Crippen LogP contribution in [0.15, 0.2) is 79.0 Å². The number of pyridine rings is 1. The Morgan fingerprint density at radius 2 is 1.56 bits per heavy atom. The molecule has 3 heteroatoms. The van der Waals surface area contributed by atoms with Crippen LogP contribution >= 0.6 is 0 Å². The van der Waals surface area contributed by atoms with E-state index < -0.39 is 0 Å². The topological polar surface area (TPSA) is 26.9 Å². The van der Waals surface area contributed by atoms with Crippen molar-refractivity contribution < 1.29 is 9.12 Å². The summed E-state index contributed by atoms with van der Waals surface area (Å²) in [6.45, 7) is 2.02. The molecule has 25 heavy (non-hydrogen) atoms. The molecule has 0 aliphatic rings. The molecule has 4 rings (SSSR count). The maximum absolute atomic E-state index is 13.7. The van der Waals surface area contributed by atoms with Gasteiger partial charge in [-0.2, -0.15) is 4.73 Å². The normalized spacial score (nSPS) is 11.0. The van der Waals surface area contributed by atoms with Gasteiger partial charge in [-0.1, -0.05) is 54.1 Å². The van der Waals surface area contributed by atoms with Gasteiger partial charge in [-0.05, 0) is 36.8 Å². The fourth-order valence-electron chi connectivity index (χ4n) is 3.18. The minimum Gasteiger partial charge on any atom is -0.618 e. The maximum Gasteiger partial charge on any atom is 0.232 e. The quantitative estimate of drug-likeness (QED) is 0.364. The number of hydrogen-bond donors (Lipinski definition) is 0. The van der Waals surface area contributed by atoms with Gasteiger partial charge >= 0.3 is 0 Å². The number of halogens is 1. The first-order valence-electron chi connectivity index (χ1n) is 8.11. The third-order valence-corrected chi connectivity index (χ3v) is 4.38. The predicted octanol–water partition coefficient (Wildman–Crippen LogP) is 5.25. The summed E-state index contributed by atoms with van der Waals surface area (Å²) in [5.74, 6) is -0.352. The van der Waals surface area contributed by atoms with E-state index >= 15 is 0 Å². The molecular weight excluding hydrogens is 313 g/mol. The molecule has 1 aromatic heterocycles. The van der Waals surface area contributed by atoms with Gasteiger partial charge in [0.25, 0.3) is 0 Å². The highest BCUT2D eigenvalue weighted by Gasteiger charge is 2.21. The maximum atomic E-state index is 13.7. The Morgan fingerprint density at radius 1 is 0.840 bits per heavy atom. The monoisotopic (exact) mass is 329 g/mol. The number of hydrogen-bond acceptors (Lipinski definition) is 1. The highest BCUT2D eigenvalue weighted by atomic mass is 19.1. The molecule has 0 radical (unpaired) electrons. The minimum atomic E-state index is -0.352. The Bertz CT molecular complexity index is 1060. The van der Waals surface area contributed by atoms with E-state index in [0.29, 0.717) is 11.1 Å². The van der Waals surface area contributed by atoms with Crippen molar-refractivity contribution in [3.63, 3.8) is 0 Å². The van der Waals surface area contributed by atoms with E-state index in [4.69, 9.17) is 0 Å². The molecule has 0 unspecified atom stereocenters. The van der Waals surface area contributed by atoms with Crippen LogP contribution in [-0.4, -0.2) is 0 Å². The van der Waals surface area contributed by atoms with E-state index in [0.717, 1.165) is 32.4 Å². The second-order valence-electron chi connectivity index (χ2n) is 6.14. The molecule has 0 aliphatic carbocycles. The number of aryl methyl sites for hydroxylation is 1. The Labute approximate surface area is 145 Å². The van der Waals surface area contributed by atoms with E-state index in [9.17, 15) is 9.60 Å². The first-order valence-corrected chi connectivity index (χ1v) is 8.11. The van der Waals surface area contributed by atoms with Gasteiger partial charge < -0.3 is 5.21 Å². The summed E-state index contributed by atoms with van der Waals surface area (Å²) >= 11 is 0. The molecule has 0 amide bonds. The Morgan fingerprint density at radius 3 is 2.28 bits per heavy atom. The van der Waals surface area contributed by atoms with Crippen molar-refractivity contribution in [3.8, 4) is 22.4 Å². The fraction of sp³-hybridized carbons (Fsp3) is 0.0455. The summed E-state index contributed by atoms with van der Waals surface area (Å²) in [7, 11) is 0. The minimum absolute atomic E-state index is 0.352. The van der Waals surface area contributed by atoms with Gasteiger partial charge in [0.1, 0.15) is 5.82 Å². The van der Waals surface area contributed by atoms with Gasteiger partial charge in [-0.3, -0.25) is 0 Å². The molecule has 0 N–H and O–H groups in total. The largest absolute Gasteiger partial charge is 0.618 e. The van der Waals surface area contributed by atoms with E-state index in [-0.39, 0.29) is 5.82 Å². The van der Waals surface area contributed by atoms with E-state index in [2.05, 4.69) is 0 Å². The van der Waals surface area contributed by atoms with Crippen molar-refractivity contribution in [2.75, 3.05) is 0 Å². The summed E-state index contributed by atoms with van der Waals surface area (Å²) in [4.78, 5) is 0. The van der Waals surface area contributed by atoms with Gasteiger partial charge in [0, 0.05) is 10.9 Å². The van der Waals surface area contributed by atoms with Crippen LogP contribution in [0.1, 0.15) is 5.56 Å². The first kappa shape index (κ1) is 15.3. The van der Waals surface area contributed by atoms with Crippen LogP contribution in [0.4, 0.5) is 4.39 Å². The fourth-order valence-corrected chi connectivity index (χ4v) is 3.18. The van der Waals surface area contributed by atoms with Gasteiger partial charge in [0.2, 0.25) is 5.69 Å². The molecule has 0 atom stereocenters. The average Bonchev–Trinajstić information content (AvgIpc) is 2.62. The van der Waals surface area contributed by atoms with Crippen molar-refractivity contribution >= 4 is 10.8 Å². The second-order valence-corrected chi connectivity index (χ2v) is 6.14. The van der Waals surface area contributed by atoms with E-state index in [1.165, 1.54) is 18.3 Å². The van der Waals surface area contributed by atoms with Crippen molar-refractivity contribution in [1.82, 2.24) is 0 Å². The van der Waals surface area contributed by atoms with Crippen molar-refractivity contribution in [2.24, 2.45) is 0 Å². The number of nitrogens with zero attached hydrogens (tertiary/aromatic N) is 1. The third kappa shape index (κ3) is 2.74. The molecule has 4 aromatic rings. The van der Waals surface area contributed by atoms with Crippen LogP contribution in [-0.2, 0) is 0 Å². The Kier molecular flexibility index (Phi) is 3.69. The molecule has 0 bridgehead atoms. The lowest BCUT2D eigenvalue weighted by atomic mass is 9.93. The molecule has 0 saturated heterocycles. The summed E-state index contributed by atoms with van der Waals surface area (Å²) < 4.78 is 14.5. The molecule has 0 spiro atoms. The molecular formula is C22H16FNO. The number of benzene rings is 3. The van der Waals surface area contributed by atoms with Crippen molar-refractivity contribution in [3.05, 3.63) is 95.6 Å². The zero-order valence-corrected chi connectivity index (χ0v) is 13.7. The molecule has 0 fully saturated rings. The molecule has 0 saturated carbocycles. The molecule has 2 nitrogen and oxygen atoms in total. The zero-order valence-electron chi connectivity index (χ0n) is 13.7. The zero-order chi connectivity index (χ0) is 17.4. The van der Waals surface area contributed by atoms with Crippen LogP contribution in [0.2, 0.25) is 0 Å². The number of aromatic nitrogens is 1. The van der Waals surface area contributed by atoms with Crippen LogP contribution < -0.4 is 4.73 Å². The first-order chi connectivity index (χ1) is 12.1. The summed E-state index contributed by atoms with van der Waals surface area (Å²) in [6, 6.07) is 22.2. The smallest absolute Gasteiger partial charge is 0.232 e. The number of fused-ring (bicyclic) bond motifs is 1. The predicted molar refractivity (Wildman–Crippen MR) is 98.5 cm³/mol. The summed E-state index contributed by atoms with van der Waals surface area (Å²) in [5.41, 5.74) is 4.30. The lowest BCUT2D eigenvalue weighted by Gasteiger charge is -2.14. The van der Waals surface area contributed by atoms with Crippen LogP contribution in [0, 0.1) is 17.9 Å². The Hall–Kier alpha value is -3.20. The average molecular weight is 329 g/mol. The molecule has 122 valence electrons. The van der Waals surface area contributed by atoms with Crippen molar-refractivity contribution in [2.45, 2.75) is 6.92 Å². The van der Waals surface area contributed by atoms with Gasteiger partial charge in [-0.25, -0.2) is 4.39 Å². The molecule has 1 heterocycles. The molecule has 3 aromatic carbocycles. The van der Waals surface area contributed by atoms with Gasteiger partial charge in [0.05, 0.1) is 10.9 Å². The number of rotatable bonds is 2. The van der Waals surface area contributed by atoms with Crippen molar-refractivity contribution in [1.29, 1.82) is 0 Å². The standard InChI is InChI=1S/C22H16FNO/c1-15-7-9-16(10-8-15)21-20-12-11-19(23)13-18(20)14-24(25)22(21)17-5-3-2-4-6-17/h2-14H,1H3. The summed E-state index contributed by atoms with van der Waals surface area (Å²) in [6.07, 6.45) is 1.44. The molecule has 0 aliphatic heterocycles. The highest BCUT2D eigenvalue weighted by Crippen LogP contribution is 2.35. The van der Waals surface area contributed by atoms with Gasteiger partial charge in [0.15, 0.2) is 6.20 Å². The second kappa shape index (κ2) is 6.02. The SMILES string of the molecule is Cc1ccc(-c2c(-c3ccccc3)[n+]([O-])cc3cc(F)ccc23)cc1. The highest BCUT2D eigenvalue weighted by molar-refractivity contribution is 6.01. The van der Waals surface area contributed by atoms with E-state index in [1.54, 1.807) is 6.07 Å². The van der Waals surface area contributed by atoms with Crippen LogP contribution in [0.25, 0.3) is 33.2 Å². The Balaban J connectivity index is 2.13. The van der Waals surface area contributed by atoms with E-state index in [1.807, 2.05) is 61.5 Å². The van der Waals surface area contributed by atoms with Crippen LogP contribution in [0.3, 0.4) is 0 Å². The van der Waals surface area contributed by atoms with Gasteiger partial charge in [-0.15, -0.1) is 0 Å². The lowest BCUT2D eigenvalue weighted by molar-refractivity contribution is -0.591.